The van der Waals surface area contributed by atoms with Crippen molar-refractivity contribution in [2.75, 3.05) is 12.4 Å². The smallest absolute Gasteiger partial charge is 0.254 e. The Morgan fingerprint density at radius 3 is 2.71 bits per heavy atom. The molecular formula is C21H22ClN3O3. The lowest BCUT2D eigenvalue weighted by molar-refractivity contribution is -0.127. The average Bonchev–Trinajstić information content (AvgIpc) is 3.14. The van der Waals surface area contributed by atoms with Gasteiger partial charge in [-0.1, -0.05) is 35.9 Å². The lowest BCUT2D eigenvalue weighted by Gasteiger charge is -2.15. The molecule has 1 aromatic heterocycles. The second-order valence-corrected chi connectivity index (χ2v) is 6.73. The molecule has 1 heterocycles. The van der Waals surface area contributed by atoms with Gasteiger partial charge in [-0.05, 0) is 42.3 Å². The molecule has 0 aliphatic rings. The molecule has 0 bridgehead atoms. The second kappa shape index (κ2) is 9.39. The molecule has 3 rings (SSSR count). The van der Waals surface area contributed by atoms with Gasteiger partial charge in [0.25, 0.3) is 5.91 Å². The van der Waals surface area contributed by atoms with Gasteiger partial charge in [-0.3, -0.25) is 4.79 Å². The maximum atomic E-state index is 12.5. The molecule has 28 heavy (non-hydrogen) atoms. The van der Waals surface area contributed by atoms with Crippen molar-refractivity contribution in [2.45, 2.75) is 26.2 Å². The van der Waals surface area contributed by atoms with Crippen LogP contribution in [0.25, 0.3) is 0 Å². The predicted molar refractivity (Wildman–Crippen MR) is 109 cm³/mol. The SMILES string of the molecule is COc1cccc(COC(C)C(=O)Nc2ccnn2Cc2ccc(Cl)cc2)c1. The Hall–Kier alpha value is -2.83. The molecule has 0 saturated carbocycles. The van der Waals surface area contributed by atoms with E-state index in [1.54, 1.807) is 31.0 Å². The summed E-state index contributed by atoms with van der Waals surface area (Å²) in [4.78, 5) is 12.5. The molecule has 3 aromatic rings. The van der Waals surface area contributed by atoms with E-state index in [1.807, 2.05) is 48.5 Å². The highest BCUT2D eigenvalue weighted by molar-refractivity contribution is 6.30. The average molecular weight is 400 g/mol. The molecule has 1 N–H and O–H groups in total. The first-order valence-electron chi connectivity index (χ1n) is 8.87. The van der Waals surface area contributed by atoms with E-state index < -0.39 is 6.10 Å². The Bertz CT molecular complexity index is 925. The van der Waals surface area contributed by atoms with E-state index in [9.17, 15) is 4.79 Å². The van der Waals surface area contributed by atoms with Gasteiger partial charge in [-0.15, -0.1) is 0 Å². The standard InChI is InChI=1S/C21H22ClN3O3/c1-15(28-14-17-4-3-5-19(12-17)27-2)21(26)24-20-10-11-23-25(20)13-16-6-8-18(22)9-7-16/h3-12,15H,13-14H2,1-2H3,(H,24,26). The Morgan fingerprint density at radius 2 is 1.96 bits per heavy atom. The van der Waals surface area contributed by atoms with E-state index in [1.165, 1.54) is 0 Å². The minimum Gasteiger partial charge on any atom is -0.497 e. The first-order valence-corrected chi connectivity index (χ1v) is 9.24. The molecule has 0 aliphatic heterocycles. The monoisotopic (exact) mass is 399 g/mol. The largest absolute Gasteiger partial charge is 0.497 e. The maximum Gasteiger partial charge on any atom is 0.254 e. The zero-order chi connectivity index (χ0) is 19.9. The van der Waals surface area contributed by atoms with Gasteiger partial charge in [-0.25, -0.2) is 4.68 Å². The van der Waals surface area contributed by atoms with Crippen molar-refractivity contribution in [3.8, 4) is 5.75 Å². The molecule has 146 valence electrons. The van der Waals surface area contributed by atoms with Gasteiger partial charge in [0, 0.05) is 11.1 Å². The van der Waals surface area contributed by atoms with Gasteiger partial charge in [0.1, 0.15) is 17.7 Å². The van der Waals surface area contributed by atoms with Crippen molar-refractivity contribution in [3.05, 3.63) is 76.9 Å². The Morgan fingerprint density at radius 1 is 1.18 bits per heavy atom. The van der Waals surface area contributed by atoms with E-state index in [-0.39, 0.29) is 5.91 Å². The van der Waals surface area contributed by atoms with Crippen LogP contribution in [0.3, 0.4) is 0 Å². The van der Waals surface area contributed by atoms with Gasteiger partial charge in [0.05, 0.1) is 26.5 Å². The number of amides is 1. The normalized spacial score (nSPS) is 11.8. The van der Waals surface area contributed by atoms with Gasteiger partial charge < -0.3 is 14.8 Å². The predicted octanol–water partition coefficient (Wildman–Crippen LogP) is 4.14. The van der Waals surface area contributed by atoms with Crippen LogP contribution in [0.1, 0.15) is 18.1 Å². The van der Waals surface area contributed by atoms with E-state index in [2.05, 4.69) is 10.4 Å². The van der Waals surface area contributed by atoms with Crippen molar-refractivity contribution in [1.82, 2.24) is 9.78 Å². The number of hydrogen-bond donors (Lipinski definition) is 1. The summed E-state index contributed by atoms with van der Waals surface area (Å²) >= 11 is 5.92. The second-order valence-electron chi connectivity index (χ2n) is 6.29. The fourth-order valence-corrected chi connectivity index (χ4v) is 2.74. The van der Waals surface area contributed by atoms with Crippen molar-refractivity contribution in [3.63, 3.8) is 0 Å². The van der Waals surface area contributed by atoms with Crippen molar-refractivity contribution in [2.24, 2.45) is 0 Å². The molecular weight excluding hydrogens is 378 g/mol. The van der Waals surface area contributed by atoms with E-state index in [0.717, 1.165) is 16.9 Å². The van der Waals surface area contributed by atoms with E-state index in [4.69, 9.17) is 21.1 Å². The number of methoxy groups -OCH3 is 1. The number of halogens is 1. The van der Waals surface area contributed by atoms with E-state index >= 15 is 0 Å². The highest BCUT2D eigenvalue weighted by atomic mass is 35.5. The molecule has 1 amide bonds. The third-order valence-electron chi connectivity index (χ3n) is 4.22. The van der Waals surface area contributed by atoms with Crippen molar-refractivity contribution < 1.29 is 14.3 Å². The quantitative estimate of drug-likeness (QED) is 0.618. The molecule has 0 saturated heterocycles. The third-order valence-corrected chi connectivity index (χ3v) is 4.47. The number of carbonyl (C=O) groups is 1. The number of benzene rings is 2. The van der Waals surface area contributed by atoms with Crippen LogP contribution in [0, 0.1) is 0 Å². The summed E-state index contributed by atoms with van der Waals surface area (Å²) in [5, 5.41) is 7.82. The molecule has 0 fully saturated rings. The Kier molecular flexibility index (Phi) is 6.68. The molecule has 6 nitrogen and oxygen atoms in total. The van der Waals surface area contributed by atoms with Crippen molar-refractivity contribution >= 4 is 23.3 Å². The number of nitrogens with zero attached hydrogens (tertiary/aromatic N) is 2. The Labute approximate surface area is 169 Å². The summed E-state index contributed by atoms with van der Waals surface area (Å²) in [5.74, 6) is 1.13. The van der Waals surface area contributed by atoms with Crippen LogP contribution >= 0.6 is 11.6 Å². The summed E-state index contributed by atoms with van der Waals surface area (Å²) in [7, 11) is 1.61. The van der Waals surface area contributed by atoms with Gasteiger partial charge in [-0.2, -0.15) is 5.10 Å². The number of aromatic nitrogens is 2. The van der Waals surface area contributed by atoms with E-state index in [0.29, 0.717) is 24.0 Å². The minimum atomic E-state index is -0.620. The molecule has 0 radical (unpaired) electrons. The molecule has 1 atom stereocenters. The van der Waals surface area contributed by atoms with Gasteiger partial charge >= 0.3 is 0 Å². The lowest BCUT2D eigenvalue weighted by Crippen LogP contribution is -2.28. The minimum absolute atomic E-state index is 0.235. The third kappa shape index (κ3) is 5.34. The number of nitrogens with one attached hydrogen (secondary N) is 1. The van der Waals surface area contributed by atoms with Gasteiger partial charge in [0.15, 0.2) is 0 Å². The number of carbonyl (C=O) groups excluding carboxylic acids is 1. The van der Waals surface area contributed by atoms with Crippen LogP contribution in [0.5, 0.6) is 5.75 Å². The van der Waals surface area contributed by atoms with Crippen LogP contribution in [-0.2, 0) is 22.7 Å². The highest BCUT2D eigenvalue weighted by Gasteiger charge is 2.16. The Balaban J connectivity index is 1.56. The summed E-state index contributed by atoms with van der Waals surface area (Å²) < 4.78 is 12.6. The summed E-state index contributed by atoms with van der Waals surface area (Å²) in [5.41, 5.74) is 1.97. The fourth-order valence-electron chi connectivity index (χ4n) is 2.61. The molecule has 0 aliphatic carbocycles. The van der Waals surface area contributed by atoms with Crippen LogP contribution in [0.15, 0.2) is 60.8 Å². The molecule has 1 unspecified atom stereocenters. The molecule has 0 spiro atoms. The topological polar surface area (TPSA) is 65.4 Å². The first-order chi connectivity index (χ1) is 13.5. The summed E-state index contributed by atoms with van der Waals surface area (Å²) in [6, 6.07) is 16.8. The molecule has 2 aromatic carbocycles. The molecule has 7 heteroatoms. The fraction of sp³-hybridized carbons (Fsp3) is 0.238. The number of anilines is 1. The van der Waals surface area contributed by atoms with Crippen LogP contribution < -0.4 is 10.1 Å². The zero-order valence-corrected chi connectivity index (χ0v) is 16.5. The maximum absolute atomic E-state index is 12.5. The van der Waals surface area contributed by atoms with Gasteiger partial charge in [0.2, 0.25) is 0 Å². The number of rotatable bonds is 8. The first kappa shape index (κ1) is 19.9. The summed E-state index contributed by atoms with van der Waals surface area (Å²) in [6.45, 7) is 2.56. The number of hydrogen-bond acceptors (Lipinski definition) is 4. The zero-order valence-electron chi connectivity index (χ0n) is 15.8. The van der Waals surface area contributed by atoms with Crippen LogP contribution in [0.2, 0.25) is 5.02 Å². The van der Waals surface area contributed by atoms with Crippen LogP contribution in [-0.4, -0.2) is 28.9 Å². The summed E-state index contributed by atoms with van der Waals surface area (Å²) in [6.07, 6.45) is 1.03. The van der Waals surface area contributed by atoms with Crippen LogP contribution in [0.4, 0.5) is 5.82 Å². The lowest BCUT2D eigenvalue weighted by atomic mass is 10.2. The number of ether oxygens (including phenoxy) is 2. The highest BCUT2D eigenvalue weighted by Crippen LogP contribution is 2.16. The van der Waals surface area contributed by atoms with Crippen molar-refractivity contribution in [1.29, 1.82) is 0 Å².